The standard InChI is InChI=1S/C35H34F2N6O3/c1-35(2,25-7-5-8-25)17-21-10-11-22-19-42(31(34(44)45)15-24(22)14-21)33-27(37)18-38-32(39-33)29-16-30(28-12-13-46-41-28)43(40-29)20-23-6-3-4-9-26(23)36/h3-4,6,9-14,16,18,25,31H,5,7-8,15,17,19-20H2,1-2H3,(H,44,45). The number of anilines is 1. The summed E-state index contributed by atoms with van der Waals surface area (Å²) >= 11 is 0. The smallest absolute Gasteiger partial charge is 0.326 e. The van der Waals surface area contributed by atoms with Gasteiger partial charge in [-0.05, 0) is 59.4 Å². The Hall–Kier alpha value is -4.93. The molecular weight excluding hydrogens is 590 g/mol. The molecule has 1 N–H and O–H groups in total. The van der Waals surface area contributed by atoms with Crippen molar-refractivity contribution in [3.63, 3.8) is 0 Å². The first kappa shape index (κ1) is 29.8. The fraction of sp³-hybridized carbons (Fsp3) is 0.343. The van der Waals surface area contributed by atoms with Crippen LogP contribution in [0.15, 0.2) is 71.6 Å². The molecule has 46 heavy (non-hydrogen) atoms. The summed E-state index contributed by atoms with van der Waals surface area (Å²) in [6.07, 6.45) is 7.39. The van der Waals surface area contributed by atoms with E-state index in [1.165, 1.54) is 42.1 Å². The Labute approximate surface area is 264 Å². The van der Waals surface area contributed by atoms with Crippen molar-refractivity contribution < 1.29 is 23.2 Å². The highest BCUT2D eigenvalue weighted by molar-refractivity contribution is 5.79. The Kier molecular flexibility index (Phi) is 7.62. The van der Waals surface area contributed by atoms with Crippen molar-refractivity contribution in [1.82, 2.24) is 24.9 Å². The third kappa shape index (κ3) is 5.65. The summed E-state index contributed by atoms with van der Waals surface area (Å²) < 4.78 is 36.6. The van der Waals surface area contributed by atoms with Crippen LogP contribution in [0.2, 0.25) is 0 Å². The van der Waals surface area contributed by atoms with Crippen LogP contribution in [0, 0.1) is 23.0 Å². The van der Waals surface area contributed by atoms with Crippen LogP contribution in [0.5, 0.6) is 0 Å². The SMILES string of the molecule is CC(C)(Cc1ccc2c(c1)CC(C(=O)O)N(c1nc(-c3cc(-c4ccon4)n(Cc4ccccc4F)n3)ncc1F)C2)C1CCC1. The number of carbonyl (C=O) groups is 1. The van der Waals surface area contributed by atoms with Crippen LogP contribution in [0.4, 0.5) is 14.6 Å². The van der Waals surface area contributed by atoms with E-state index >= 15 is 4.39 Å². The van der Waals surface area contributed by atoms with E-state index < -0.39 is 17.8 Å². The third-order valence-corrected chi connectivity index (χ3v) is 9.54. The van der Waals surface area contributed by atoms with E-state index in [-0.39, 0.29) is 42.4 Å². The van der Waals surface area contributed by atoms with Gasteiger partial charge in [0.25, 0.3) is 0 Å². The molecule has 1 fully saturated rings. The van der Waals surface area contributed by atoms with Gasteiger partial charge < -0.3 is 14.5 Å². The maximum absolute atomic E-state index is 15.4. The zero-order chi connectivity index (χ0) is 32.0. The summed E-state index contributed by atoms with van der Waals surface area (Å²) in [5, 5.41) is 18.9. The summed E-state index contributed by atoms with van der Waals surface area (Å²) in [6.45, 7) is 4.89. The first-order chi connectivity index (χ1) is 22.2. The van der Waals surface area contributed by atoms with E-state index in [0.717, 1.165) is 23.7 Å². The lowest BCUT2D eigenvalue weighted by Gasteiger charge is -2.41. The third-order valence-electron chi connectivity index (χ3n) is 9.54. The first-order valence-electron chi connectivity index (χ1n) is 15.5. The molecule has 9 nitrogen and oxygen atoms in total. The average Bonchev–Trinajstić information content (AvgIpc) is 3.67. The first-order valence-corrected chi connectivity index (χ1v) is 15.5. The van der Waals surface area contributed by atoms with Gasteiger partial charge in [0, 0.05) is 24.6 Å². The van der Waals surface area contributed by atoms with E-state index in [1.54, 1.807) is 35.0 Å². The number of hydrogen-bond acceptors (Lipinski definition) is 7. The molecule has 0 amide bonds. The Morgan fingerprint density at radius 3 is 2.59 bits per heavy atom. The number of aromatic nitrogens is 5. The Bertz CT molecular complexity index is 1900. The van der Waals surface area contributed by atoms with Gasteiger partial charge in [0.05, 0.1) is 18.4 Å². The molecule has 0 saturated heterocycles. The van der Waals surface area contributed by atoms with Gasteiger partial charge in [-0.2, -0.15) is 5.10 Å². The molecule has 5 aromatic rings. The van der Waals surface area contributed by atoms with Crippen molar-refractivity contribution in [3.05, 3.63) is 101 Å². The zero-order valence-corrected chi connectivity index (χ0v) is 25.7. The molecule has 11 heteroatoms. The van der Waals surface area contributed by atoms with Gasteiger partial charge in [-0.25, -0.2) is 23.5 Å². The molecule has 1 unspecified atom stereocenters. The van der Waals surface area contributed by atoms with Gasteiger partial charge >= 0.3 is 5.97 Å². The molecule has 2 aromatic carbocycles. The largest absolute Gasteiger partial charge is 0.480 e. The average molecular weight is 625 g/mol. The maximum Gasteiger partial charge on any atom is 0.326 e. The molecule has 0 radical (unpaired) electrons. The van der Waals surface area contributed by atoms with E-state index in [1.807, 2.05) is 6.07 Å². The Morgan fingerprint density at radius 1 is 1.04 bits per heavy atom. The molecule has 7 rings (SSSR count). The number of hydrogen-bond donors (Lipinski definition) is 1. The van der Waals surface area contributed by atoms with Crippen molar-refractivity contribution in [2.45, 2.75) is 65.1 Å². The Balaban J connectivity index is 1.21. The molecule has 1 aliphatic carbocycles. The van der Waals surface area contributed by atoms with Crippen molar-refractivity contribution in [3.8, 4) is 22.9 Å². The van der Waals surface area contributed by atoms with E-state index in [9.17, 15) is 14.3 Å². The highest BCUT2D eigenvalue weighted by Gasteiger charge is 2.36. The molecule has 0 bridgehead atoms. The second-order valence-corrected chi connectivity index (χ2v) is 13.0. The molecule has 236 valence electrons. The minimum Gasteiger partial charge on any atom is -0.480 e. The molecule has 1 aliphatic heterocycles. The quantitative estimate of drug-likeness (QED) is 0.193. The second-order valence-electron chi connectivity index (χ2n) is 13.0. The number of halogens is 2. The molecule has 1 atom stereocenters. The highest BCUT2D eigenvalue weighted by Crippen LogP contribution is 2.44. The maximum atomic E-state index is 15.4. The van der Waals surface area contributed by atoms with Crippen molar-refractivity contribution in [2.75, 3.05) is 4.90 Å². The van der Waals surface area contributed by atoms with Gasteiger partial charge in [0.2, 0.25) is 0 Å². The number of aliphatic carboxylic acids is 1. The van der Waals surface area contributed by atoms with Crippen molar-refractivity contribution in [1.29, 1.82) is 0 Å². The van der Waals surface area contributed by atoms with Crippen LogP contribution >= 0.6 is 0 Å². The molecular formula is C35H34F2N6O3. The van der Waals surface area contributed by atoms with Crippen LogP contribution in [0.3, 0.4) is 0 Å². The predicted molar refractivity (Wildman–Crippen MR) is 167 cm³/mol. The summed E-state index contributed by atoms with van der Waals surface area (Å²) in [5.74, 6) is -1.50. The number of nitrogens with zero attached hydrogens (tertiary/aromatic N) is 6. The van der Waals surface area contributed by atoms with Crippen LogP contribution in [-0.2, 0) is 30.7 Å². The number of carboxylic acid groups (broad SMARTS) is 1. The van der Waals surface area contributed by atoms with Crippen LogP contribution in [0.25, 0.3) is 22.9 Å². The summed E-state index contributed by atoms with van der Waals surface area (Å²) in [4.78, 5) is 22.8. The van der Waals surface area contributed by atoms with Gasteiger partial charge in [0.15, 0.2) is 17.5 Å². The minimum atomic E-state index is -1.06. The molecule has 1 saturated carbocycles. The second kappa shape index (κ2) is 11.8. The van der Waals surface area contributed by atoms with E-state index in [0.29, 0.717) is 28.6 Å². The molecule has 4 heterocycles. The monoisotopic (exact) mass is 624 g/mol. The predicted octanol–water partition coefficient (Wildman–Crippen LogP) is 6.71. The van der Waals surface area contributed by atoms with E-state index in [4.69, 9.17) is 4.52 Å². The van der Waals surface area contributed by atoms with Crippen molar-refractivity contribution >= 4 is 11.8 Å². The molecule has 3 aromatic heterocycles. The number of fused-ring (bicyclic) bond motifs is 1. The molecule has 2 aliphatic rings. The normalized spacial score (nSPS) is 16.7. The topological polar surface area (TPSA) is 110 Å². The number of rotatable bonds is 9. The molecule has 0 spiro atoms. The summed E-state index contributed by atoms with van der Waals surface area (Å²) in [6, 6.07) is 14.9. The van der Waals surface area contributed by atoms with Crippen LogP contribution in [0.1, 0.15) is 55.4 Å². The van der Waals surface area contributed by atoms with E-state index in [2.05, 4.69) is 46.2 Å². The lowest BCUT2D eigenvalue weighted by atomic mass is 9.65. The van der Waals surface area contributed by atoms with Gasteiger partial charge in [0.1, 0.15) is 29.5 Å². The Morgan fingerprint density at radius 2 is 1.87 bits per heavy atom. The van der Waals surface area contributed by atoms with Crippen molar-refractivity contribution in [2.24, 2.45) is 11.3 Å². The van der Waals surface area contributed by atoms with Crippen LogP contribution < -0.4 is 4.90 Å². The van der Waals surface area contributed by atoms with Crippen LogP contribution in [-0.4, -0.2) is 42.0 Å². The summed E-state index contributed by atoms with van der Waals surface area (Å²) in [7, 11) is 0. The highest BCUT2D eigenvalue weighted by atomic mass is 19.1. The lowest BCUT2D eigenvalue weighted by molar-refractivity contribution is -0.138. The van der Waals surface area contributed by atoms with Gasteiger partial charge in [-0.3, -0.25) is 4.68 Å². The number of benzene rings is 2. The zero-order valence-electron chi connectivity index (χ0n) is 25.7. The fourth-order valence-corrected chi connectivity index (χ4v) is 6.72. The van der Waals surface area contributed by atoms with Gasteiger partial charge in [-0.15, -0.1) is 0 Å². The summed E-state index contributed by atoms with van der Waals surface area (Å²) in [5.41, 5.74) is 4.95. The van der Waals surface area contributed by atoms with Gasteiger partial charge in [-0.1, -0.05) is 61.8 Å². The number of carboxylic acids is 1. The minimum absolute atomic E-state index is 0.0900. The lowest BCUT2D eigenvalue weighted by Crippen LogP contribution is -2.46. The fourth-order valence-electron chi connectivity index (χ4n) is 6.72.